The summed E-state index contributed by atoms with van der Waals surface area (Å²) in [5.41, 5.74) is 9.03. The number of rotatable bonds is 16. The fraction of sp³-hybridized carbons (Fsp3) is 0.280. The number of ether oxygens (including phenoxy) is 4. The Labute approximate surface area is 380 Å². The van der Waals surface area contributed by atoms with Crippen molar-refractivity contribution in [3.63, 3.8) is 0 Å². The number of esters is 4. The van der Waals surface area contributed by atoms with E-state index >= 15 is 0 Å². The van der Waals surface area contributed by atoms with Crippen molar-refractivity contribution in [2.24, 2.45) is 0 Å². The van der Waals surface area contributed by atoms with E-state index in [1.165, 1.54) is 0 Å². The van der Waals surface area contributed by atoms with Crippen molar-refractivity contribution in [2.75, 3.05) is 13.2 Å². The molecule has 0 aliphatic rings. The molecule has 0 saturated heterocycles. The van der Waals surface area contributed by atoms with Crippen molar-refractivity contribution in [3.8, 4) is 22.8 Å². The van der Waals surface area contributed by atoms with Crippen molar-refractivity contribution in [1.82, 2.24) is 29.4 Å². The fourth-order valence-corrected chi connectivity index (χ4v) is 7.45. The third-order valence-corrected chi connectivity index (χ3v) is 10.5. The van der Waals surface area contributed by atoms with Crippen molar-refractivity contribution in [2.45, 2.75) is 80.7 Å². The van der Waals surface area contributed by atoms with E-state index in [-0.39, 0.29) is 69.6 Å². The predicted molar refractivity (Wildman–Crippen MR) is 243 cm³/mol. The third kappa shape index (κ3) is 11.1. The zero-order chi connectivity index (χ0) is 46.7. The zero-order valence-corrected chi connectivity index (χ0v) is 37.7. The normalized spacial score (nSPS) is 11.0. The summed E-state index contributed by atoms with van der Waals surface area (Å²) in [5.74, 6) is 0.957. The van der Waals surface area contributed by atoms with Gasteiger partial charge in [-0.05, 0) is 88.1 Å². The molecule has 0 N–H and O–H groups in total. The standard InChI is InChI=1S/2C25H25N3O5/c1-4-31-23(30)14-28-21-11-10-19(13-22(29)32-15-18-8-6-5-7-9-18)12-20(21)26-25(28)24-16(2)27-33-17(24)3;1-4-31-23(30)14-28-21-12-19(13-22(29)32-15-18-8-6-5-7-9-18)10-11-20(21)26-25(28)24-16(2)27-33-17(24)3/h2*5-12H,4,13-15H2,1-3H3. The van der Waals surface area contributed by atoms with Crippen molar-refractivity contribution in [3.05, 3.63) is 142 Å². The number of aryl methyl sites for hydroxylation is 4. The lowest BCUT2D eigenvalue weighted by Crippen LogP contribution is -2.14. The second-order valence-electron chi connectivity index (χ2n) is 15.3. The molecule has 0 atom stereocenters. The molecule has 4 aromatic carbocycles. The van der Waals surface area contributed by atoms with Gasteiger partial charge in [-0.15, -0.1) is 0 Å². The Morgan fingerprint density at radius 2 is 0.955 bits per heavy atom. The SMILES string of the molecule is CCOC(=O)Cn1c(-c2c(C)noc2C)nc2cc(CC(=O)OCc3ccccc3)ccc21.CCOC(=O)Cn1c(-c2c(C)noc2C)nc2ccc(CC(=O)OCc3ccccc3)cc21. The van der Waals surface area contributed by atoms with Crippen LogP contribution in [0.1, 0.15) is 59.0 Å². The van der Waals surface area contributed by atoms with Gasteiger partial charge in [-0.1, -0.05) is 83.1 Å². The summed E-state index contributed by atoms with van der Waals surface area (Å²) in [4.78, 5) is 58.9. The molecular weight excluding hydrogens is 845 g/mol. The molecule has 0 unspecified atom stereocenters. The second-order valence-corrected chi connectivity index (χ2v) is 15.3. The molecule has 8 aromatic rings. The summed E-state index contributed by atoms with van der Waals surface area (Å²) in [6, 6.07) is 30.1. The van der Waals surface area contributed by atoms with Crippen LogP contribution in [0.3, 0.4) is 0 Å². The van der Waals surface area contributed by atoms with Crippen LogP contribution in [0.2, 0.25) is 0 Å². The van der Waals surface area contributed by atoms with Gasteiger partial charge in [-0.25, -0.2) is 9.97 Å². The highest BCUT2D eigenvalue weighted by atomic mass is 16.5. The monoisotopic (exact) mass is 894 g/mol. The van der Waals surface area contributed by atoms with E-state index in [2.05, 4.69) is 10.3 Å². The summed E-state index contributed by atoms with van der Waals surface area (Å²) in [6.45, 7) is 11.8. The summed E-state index contributed by atoms with van der Waals surface area (Å²) < 4.78 is 35.3. The second kappa shape index (κ2) is 21.2. The van der Waals surface area contributed by atoms with Gasteiger partial charge in [-0.2, -0.15) is 0 Å². The smallest absolute Gasteiger partial charge is 0.326 e. The molecule has 4 heterocycles. The number of imidazole rings is 2. The number of hydrogen-bond acceptors (Lipinski definition) is 14. The molecule has 8 rings (SSSR count). The number of hydrogen-bond donors (Lipinski definition) is 0. The Morgan fingerprint density at radius 3 is 1.42 bits per heavy atom. The van der Waals surface area contributed by atoms with E-state index in [1.807, 2.05) is 111 Å². The molecule has 0 aliphatic carbocycles. The van der Waals surface area contributed by atoms with Crippen LogP contribution in [0.25, 0.3) is 44.8 Å². The van der Waals surface area contributed by atoms with E-state index in [9.17, 15) is 19.2 Å². The molecule has 0 spiro atoms. The first kappa shape index (κ1) is 46.1. The Morgan fingerprint density at radius 1 is 0.500 bits per heavy atom. The summed E-state index contributed by atoms with van der Waals surface area (Å²) in [7, 11) is 0. The maximum absolute atomic E-state index is 12.4. The van der Waals surface area contributed by atoms with Crippen LogP contribution in [0, 0.1) is 27.7 Å². The minimum atomic E-state index is -0.377. The van der Waals surface area contributed by atoms with Gasteiger partial charge in [0.2, 0.25) is 0 Å². The summed E-state index contributed by atoms with van der Waals surface area (Å²) >= 11 is 0. The maximum Gasteiger partial charge on any atom is 0.326 e. The van der Waals surface area contributed by atoms with Crippen LogP contribution in [-0.4, -0.2) is 66.5 Å². The van der Waals surface area contributed by atoms with Gasteiger partial charge in [0, 0.05) is 0 Å². The minimum Gasteiger partial charge on any atom is -0.465 e. The van der Waals surface area contributed by atoms with Crippen LogP contribution >= 0.6 is 0 Å². The Balaban J connectivity index is 0.000000196. The molecule has 16 nitrogen and oxygen atoms in total. The van der Waals surface area contributed by atoms with Gasteiger partial charge >= 0.3 is 23.9 Å². The van der Waals surface area contributed by atoms with Crippen molar-refractivity contribution in [1.29, 1.82) is 0 Å². The average molecular weight is 895 g/mol. The molecule has 16 heteroatoms. The minimum absolute atomic E-state index is 0.00218. The van der Waals surface area contributed by atoms with Crippen LogP contribution in [0.15, 0.2) is 106 Å². The van der Waals surface area contributed by atoms with Crippen molar-refractivity contribution >= 4 is 45.9 Å². The number of fused-ring (bicyclic) bond motifs is 2. The predicted octanol–water partition coefficient (Wildman–Crippen LogP) is 8.31. The van der Waals surface area contributed by atoms with Crippen LogP contribution < -0.4 is 0 Å². The first-order chi connectivity index (χ1) is 31.9. The van der Waals surface area contributed by atoms with Crippen LogP contribution in [0.5, 0.6) is 0 Å². The van der Waals surface area contributed by atoms with E-state index in [1.54, 1.807) is 36.8 Å². The molecule has 0 amide bonds. The summed E-state index contributed by atoms with van der Waals surface area (Å²) in [5, 5.41) is 8.03. The Bertz CT molecular complexity index is 2900. The van der Waals surface area contributed by atoms with Crippen LogP contribution in [0.4, 0.5) is 0 Å². The molecule has 0 fully saturated rings. The Hall–Kier alpha value is -7.88. The largest absolute Gasteiger partial charge is 0.465 e. The number of aromatic nitrogens is 6. The lowest BCUT2D eigenvalue weighted by atomic mass is 10.1. The lowest BCUT2D eigenvalue weighted by molar-refractivity contribution is -0.145. The lowest BCUT2D eigenvalue weighted by Gasteiger charge is -2.09. The number of carbonyl (C=O) groups is 4. The van der Waals surface area contributed by atoms with Crippen LogP contribution in [-0.2, 0) is 77.3 Å². The fourth-order valence-electron chi connectivity index (χ4n) is 7.45. The highest BCUT2D eigenvalue weighted by Gasteiger charge is 2.24. The third-order valence-electron chi connectivity index (χ3n) is 10.5. The van der Waals surface area contributed by atoms with E-state index < -0.39 is 0 Å². The van der Waals surface area contributed by atoms with E-state index in [0.717, 1.165) is 38.9 Å². The first-order valence-corrected chi connectivity index (χ1v) is 21.5. The first-order valence-electron chi connectivity index (χ1n) is 21.5. The molecular formula is C50H50N6O10. The van der Waals surface area contributed by atoms with E-state index in [0.29, 0.717) is 57.7 Å². The topological polar surface area (TPSA) is 193 Å². The van der Waals surface area contributed by atoms with Gasteiger partial charge in [0.1, 0.15) is 49.5 Å². The highest BCUT2D eigenvalue weighted by molar-refractivity contribution is 5.87. The molecule has 0 radical (unpaired) electrons. The number of benzene rings is 4. The van der Waals surface area contributed by atoms with Gasteiger partial charge in [0.05, 0.1) is 70.6 Å². The van der Waals surface area contributed by atoms with E-state index in [4.69, 9.17) is 38.0 Å². The van der Waals surface area contributed by atoms with Gasteiger partial charge < -0.3 is 37.1 Å². The zero-order valence-electron chi connectivity index (χ0n) is 37.7. The van der Waals surface area contributed by atoms with Gasteiger partial charge in [0.15, 0.2) is 0 Å². The number of carbonyl (C=O) groups excluding carboxylic acids is 4. The molecule has 0 bridgehead atoms. The van der Waals surface area contributed by atoms with Gasteiger partial charge in [-0.3, -0.25) is 19.2 Å². The molecule has 340 valence electrons. The quantitative estimate of drug-likeness (QED) is 0.0664. The molecule has 66 heavy (non-hydrogen) atoms. The number of nitrogens with zero attached hydrogens (tertiary/aromatic N) is 6. The summed E-state index contributed by atoms with van der Waals surface area (Å²) in [6.07, 6.45) is 0.224. The molecule has 0 saturated carbocycles. The molecule has 4 aromatic heterocycles. The molecule has 0 aliphatic heterocycles. The van der Waals surface area contributed by atoms with Gasteiger partial charge in [0.25, 0.3) is 0 Å². The average Bonchev–Trinajstić information content (AvgIpc) is 4.04. The van der Waals surface area contributed by atoms with Crippen molar-refractivity contribution < 1.29 is 47.2 Å². The maximum atomic E-state index is 12.4. The highest BCUT2D eigenvalue weighted by Crippen LogP contribution is 2.32. The Kier molecular flexibility index (Phi) is 14.8.